The Morgan fingerprint density at radius 3 is 2.45 bits per heavy atom. The molecule has 112 valence electrons. The minimum atomic E-state index is -4.13. The zero-order valence-electron chi connectivity index (χ0n) is 11.7. The summed E-state index contributed by atoms with van der Waals surface area (Å²) in [6.07, 6.45) is -1.80. The van der Waals surface area contributed by atoms with E-state index in [1.807, 2.05) is 24.3 Å². The molecule has 0 spiro atoms. The van der Waals surface area contributed by atoms with Crippen LogP contribution in [0.3, 0.4) is 0 Å². The first-order chi connectivity index (χ1) is 9.35. The molecule has 1 aromatic carbocycles. The van der Waals surface area contributed by atoms with Crippen LogP contribution in [0.1, 0.15) is 50.2 Å². The average Bonchev–Trinajstić information content (AvgIpc) is 2.39. The third-order valence-electron chi connectivity index (χ3n) is 4.28. The third kappa shape index (κ3) is 3.35. The molecule has 0 amide bonds. The predicted molar refractivity (Wildman–Crippen MR) is 72.3 cm³/mol. The molecule has 0 saturated heterocycles. The Bertz CT molecular complexity index is 445. The lowest BCUT2D eigenvalue weighted by Gasteiger charge is -2.37. The van der Waals surface area contributed by atoms with Gasteiger partial charge < -0.3 is 5.11 Å². The molecule has 1 aliphatic rings. The number of benzene rings is 1. The molecule has 20 heavy (non-hydrogen) atoms. The van der Waals surface area contributed by atoms with Crippen LogP contribution in [-0.4, -0.2) is 11.3 Å². The van der Waals surface area contributed by atoms with Crippen LogP contribution in [-0.2, 0) is 12.0 Å². The van der Waals surface area contributed by atoms with E-state index < -0.39 is 17.7 Å². The first kappa shape index (κ1) is 15.4. The molecule has 0 aliphatic heterocycles. The van der Waals surface area contributed by atoms with E-state index in [2.05, 4.69) is 6.92 Å². The summed E-state index contributed by atoms with van der Waals surface area (Å²) in [5.41, 5.74) is 0.811. The maximum atomic E-state index is 12.7. The Hall–Kier alpha value is -1.03. The van der Waals surface area contributed by atoms with Crippen molar-refractivity contribution in [2.24, 2.45) is 5.92 Å². The Labute approximate surface area is 117 Å². The van der Waals surface area contributed by atoms with Gasteiger partial charge in [0.25, 0.3) is 0 Å². The summed E-state index contributed by atoms with van der Waals surface area (Å²) in [6, 6.07) is 7.65. The zero-order valence-corrected chi connectivity index (χ0v) is 11.7. The fraction of sp³-hybridized carbons (Fsp3) is 0.625. The molecule has 1 fully saturated rings. The maximum absolute atomic E-state index is 12.7. The van der Waals surface area contributed by atoms with E-state index in [1.54, 1.807) is 0 Å². The van der Waals surface area contributed by atoms with Crippen LogP contribution in [0.4, 0.5) is 13.2 Å². The van der Waals surface area contributed by atoms with Gasteiger partial charge in [0.05, 0.1) is 11.5 Å². The van der Waals surface area contributed by atoms with Crippen LogP contribution in [0.2, 0.25) is 0 Å². The van der Waals surface area contributed by atoms with E-state index in [9.17, 15) is 18.3 Å². The highest BCUT2D eigenvalue weighted by Crippen LogP contribution is 2.45. The first-order valence-corrected chi connectivity index (χ1v) is 7.23. The molecule has 4 heteroatoms. The van der Waals surface area contributed by atoms with Crippen LogP contribution in [0, 0.1) is 5.92 Å². The molecule has 2 rings (SSSR count). The molecule has 1 saturated carbocycles. The Morgan fingerprint density at radius 1 is 1.25 bits per heavy atom. The van der Waals surface area contributed by atoms with E-state index in [4.69, 9.17) is 0 Å². The van der Waals surface area contributed by atoms with Gasteiger partial charge in [0, 0.05) is 0 Å². The van der Waals surface area contributed by atoms with Crippen LogP contribution >= 0.6 is 0 Å². The largest absolute Gasteiger partial charge is 0.391 e. The number of rotatable bonds is 3. The zero-order chi connectivity index (χ0) is 14.8. The maximum Gasteiger partial charge on any atom is 0.391 e. The second kappa shape index (κ2) is 5.76. The third-order valence-corrected chi connectivity index (χ3v) is 4.28. The molecule has 0 aromatic heterocycles. The van der Waals surface area contributed by atoms with Crippen molar-refractivity contribution in [3.8, 4) is 0 Å². The van der Waals surface area contributed by atoms with E-state index in [0.717, 1.165) is 24.0 Å². The van der Waals surface area contributed by atoms with E-state index >= 15 is 0 Å². The minimum absolute atomic E-state index is 0.0119. The van der Waals surface area contributed by atoms with Crippen molar-refractivity contribution >= 4 is 0 Å². The molecular formula is C16H21F3O. The molecule has 1 aliphatic carbocycles. The summed E-state index contributed by atoms with van der Waals surface area (Å²) < 4.78 is 38.0. The van der Waals surface area contributed by atoms with Crippen LogP contribution in [0.15, 0.2) is 24.3 Å². The van der Waals surface area contributed by atoms with Crippen molar-refractivity contribution in [3.63, 3.8) is 0 Å². The fourth-order valence-electron chi connectivity index (χ4n) is 3.02. The van der Waals surface area contributed by atoms with Gasteiger partial charge in [-0.25, -0.2) is 0 Å². The lowest BCUT2D eigenvalue weighted by molar-refractivity contribution is -0.193. The molecule has 0 atom stereocenters. The second-order valence-corrected chi connectivity index (χ2v) is 5.80. The van der Waals surface area contributed by atoms with Crippen molar-refractivity contribution in [2.75, 3.05) is 0 Å². The highest BCUT2D eigenvalue weighted by atomic mass is 19.4. The van der Waals surface area contributed by atoms with Gasteiger partial charge in [-0.3, -0.25) is 0 Å². The molecule has 0 unspecified atom stereocenters. The number of aliphatic hydroxyl groups is 1. The van der Waals surface area contributed by atoms with Gasteiger partial charge in [0.2, 0.25) is 0 Å². The summed E-state index contributed by atoms with van der Waals surface area (Å²) in [7, 11) is 0. The van der Waals surface area contributed by atoms with Gasteiger partial charge in [-0.05, 0) is 43.2 Å². The van der Waals surface area contributed by atoms with Gasteiger partial charge in [0.1, 0.15) is 0 Å². The van der Waals surface area contributed by atoms with E-state index in [1.165, 1.54) is 0 Å². The van der Waals surface area contributed by atoms with Gasteiger partial charge in [-0.2, -0.15) is 13.2 Å². The standard InChI is InChI=1S/C16H21F3O/c1-2-4-12-5-3-6-14(11-12)15(20)9-7-13(8-10-15)16(17,18)19/h3,5-6,11,13,20H,2,4,7-10H2,1H3. The molecule has 0 bridgehead atoms. The molecule has 0 heterocycles. The highest BCUT2D eigenvalue weighted by Gasteiger charge is 2.45. The monoisotopic (exact) mass is 286 g/mol. The topological polar surface area (TPSA) is 20.2 Å². The van der Waals surface area contributed by atoms with Crippen molar-refractivity contribution in [2.45, 2.75) is 57.2 Å². The summed E-state index contributed by atoms with van der Waals surface area (Å²) in [4.78, 5) is 0. The van der Waals surface area contributed by atoms with Crippen molar-refractivity contribution in [1.29, 1.82) is 0 Å². The van der Waals surface area contributed by atoms with E-state index in [-0.39, 0.29) is 25.7 Å². The summed E-state index contributed by atoms with van der Waals surface area (Å²) >= 11 is 0. The summed E-state index contributed by atoms with van der Waals surface area (Å²) in [5, 5.41) is 10.7. The van der Waals surface area contributed by atoms with Crippen molar-refractivity contribution < 1.29 is 18.3 Å². The first-order valence-electron chi connectivity index (χ1n) is 7.23. The summed E-state index contributed by atoms with van der Waals surface area (Å²) in [6.45, 7) is 2.08. The lowest BCUT2D eigenvalue weighted by Crippen LogP contribution is -2.36. The van der Waals surface area contributed by atoms with Crippen molar-refractivity contribution in [3.05, 3.63) is 35.4 Å². The number of halogens is 3. The Morgan fingerprint density at radius 2 is 1.90 bits per heavy atom. The SMILES string of the molecule is CCCc1cccc(C2(O)CCC(C(F)(F)F)CC2)c1. The number of hydrogen-bond donors (Lipinski definition) is 1. The molecule has 1 N–H and O–H groups in total. The normalized spacial score (nSPS) is 27.6. The number of alkyl halides is 3. The van der Waals surface area contributed by atoms with Gasteiger partial charge >= 0.3 is 6.18 Å². The fourth-order valence-corrected chi connectivity index (χ4v) is 3.02. The van der Waals surface area contributed by atoms with Crippen LogP contribution in [0.25, 0.3) is 0 Å². The van der Waals surface area contributed by atoms with Gasteiger partial charge in [-0.1, -0.05) is 37.6 Å². The smallest absolute Gasteiger partial charge is 0.385 e. The molecular weight excluding hydrogens is 265 g/mol. The second-order valence-electron chi connectivity index (χ2n) is 5.80. The number of aryl methyl sites for hydroxylation is 1. The molecule has 1 nitrogen and oxygen atoms in total. The highest BCUT2D eigenvalue weighted by molar-refractivity contribution is 5.29. The van der Waals surface area contributed by atoms with Crippen LogP contribution < -0.4 is 0 Å². The van der Waals surface area contributed by atoms with Crippen molar-refractivity contribution in [1.82, 2.24) is 0 Å². The summed E-state index contributed by atoms with van der Waals surface area (Å²) in [5.74, 6) is -1.26. The average molecular weight is 286 g/mol. The Kier molecular flexibility index (Phi) is 4.43. The predicted octanol–water partition coefficient (Wildman–Crippen LogP) is 4.58. The molecule has 1 aromatic rings. The molecule has 0 radical (unpaired) electrons. The van der Waals surface area contributed by atoms with Gasteiger partial charge in [-0.15, -0.1) is 0 Å². The Balaban J connectivity index is 2.11. The number of hydrogen-bond acceptors (Lipinski definition) is 1. The lowest BCUT2D eigenvalue weighted by atomic mass is 9.74. The van der Waals surface area contributed by atoms with Gasteiger partial charge in [0.15, 0.2) is 0 Å². The minimum Gasteiger partial charge on any atom is -0.385 e. The van der Waals surface area contributed by atoms with E-state index in [0.29, 0.717) is 0 Å². The quantitative estimate of drug-likeness (QED) is 0.862. The van der Waals surface area contributed by atoms with Crippen LogP contribution in [0.5, 0.6) is 0 Å².